The third-order valence-corrected chi connectivity index (χ3v) is 3.61. The average Bonchev–Trinajstić information content (AvgIpc) is 2.84. The van der Waals surface area contributed by atoms with Gasteiger partial charge in [-0.3, -0.25) is 9.59 Å². The van der Waals surface area contributed by atoms with Gasteiger partial charge >= 0.3 is 0 Å². The molecule has 21 heavy (non-hydrogen) atoms. The first kappa shape index (κ1) is 13.5. The second kappa shape index (κ2) is 5.16. The minimum Gasteiger partial charge on any atom is -0.347 e. The summed E-state index contributed by atoms with van der Waals surface area (Å²) < 4.78 is 1.86. The van der Waals surface area contributed by atoms with Gasteiger partial charge in [0.05, 0.1) is 17.9 Å². The summed E-state index contributed by atoms with van der Waals surface area (Å²) >= 11 is 0. The molecule has 0 bridgehead atoms. The fraction of sp³-hybridized carbons (Fsp3) is 0.429. The zero-order valence-corrected chi connectivity index (χ0v) is 12.1. The predicted octanol–water partition coefficient (Wildman–Crippen LogP) is 0.0585. The molecule has 7 nitrogen and oxygen atoms in total. The van der Waals surface area contributed by atoms with Crippen molar-refractivity contribution < 1.29 is 9.59 Å². The van der Waals surface area contributed by atoms with Crippen molar-refractivity contribution in [3.63, 3.8) is 0 Å². The number of aryl methyl sites for hydroxylation is 1. The molecule has 3 heterocycles. The highest BCUT2D eigenvalue weighted by atomic mass is 16.2. The topological polar surface area (TPSA) is 79.6 Å². The van der Waals surface area contributed by atoms with E-state index < -0.39 is 0 Å². The highest BCUT2D eigenvalue weighted by Crippen LogP contribution is 2.19. The number of carbonyl (C=O) groups is 2. The summed E-state index contributed by atoms with van der Waals surface area (Å²) in [7, 11) is 0. The molecule has 1 aliphatic heterocycles. The summed E-state index contributed by atoms with van der Waals surface area (Å²) in [5, 5.41) is 6.99. The molecular formula is C14H17N5O2. The van der Waals surface area contributed by atoms with Crippen LogP contribution in [0.15, 0.2) is 12.3 Å². The predicted molar refractivity (Wildman–Crippen MR) is 75.5 cm³/mol. The third-order valence-electron chi connectivity index (χ3n) is 3.61. The molecule has 0 saturated heterocycles. The van der Waals surface area contributed by atoms with Crippen molar-refractivity contribution >= 4 is 17.5 Å². The Morgan fingerprint density at radius 3 is 3.00 bits per heavy atom. The minimum atomic E-state index is -0.198. The first-order valence-electron chi connectivity index (χ1n) is 6.90. The van der Waals surface area contributed by atoms with E-state index in [4.69, 9.17) is 0 Å². The monoisotopic (exact) mass is 287 g/mol. The zero-order valence-electron chi connectivity index (χ0n) is 12.1. The fourth-order valence-corrected chi connectivity index (χ4v) is 2.58. The summed E-state index contributed by atoms with van der Waals surface area (Å²) in [5.41, 5.74) is 3.88. The zero-order chi connectivity index (χ0) is 15.0. The van der Waals surface area contributed by atoms with Gasteiger partial charge in [-0.2, -0.15) is 5.10 Å². The molecule has 0 saturated carbocycles. The van der Waals surface area contributed by atoms with Crippen LogP contribution in [0.5, 0.6) is 0 Å². The van der Waals surface area contributed by atoms with Gasteiger partial charge in [0.25, 0.3) is 0 Å². The summed E-state index contributed by atoms with van der Waals surface area (Å²) in [6.07, 6.45) is 2.55. The fourth-order valence-electron chi connectivity index (χ4n) is 2.58. The number of hydrogen-bond acceptors (Lipinski definition) is 4. The van der Waals surface area contributed by atoms with Gasteiger partial charge in [0.2, 0.25) is 11.8 Å². The van der Waals surface area contributed by atoms with E-state index in [1.807, 2.05) is 23.7 Å². The van der Waals surface area contributed by atoms with Crippen LogP contribution in [0.1, 0.15) is 23.9 Å². The maximum Gasteiger partial charge on any atom is 0.242 e. The van der Waals surface area contributed by atoms with Crippen LogP contribution in [0.2, 0.25) is 0 Å². The molecule has 2 aromatic rings. The smallest absolute Gasteiger partial charge is 0.242 e. The van der Waals surface area contributed by atoms with Crippen molar-refractivity contribution in [2.24, 2.45) is 0 Å². The normalized spacial score (nSPS) is 14.1. The summed E-state index contributed by atoms with van der Waals surface area (Å²) in [6.45, 7) is 4.52. The van der Waals surface area contributed by atoms with Crippen LogP contribution in [-0.2, 0) is 22.6 Å². The quantitative estimate of drug-likeness (QED) is 0.847. The van der Waals surface area contributed by atoms with E-state index in [2.05, 4.69) is 15.4 Å². The number of hydrogen-bond donors (Lipinski definition) is 1. The van der Waals surface area contributed by atoms with Crippen LogP contribution in [0, 0.1) is 6.92 Å². The molecule has 2 aromatic heterocycles. The second-order valence-corrected chi connectivity index (χ2v) is 5.26. The molecule has 3 rings (SSSR count). The molecule has 0 aromatic carbocycles. The number of nitrogens with zero attached hydrogens (tertiary/aromatic N) is 4. The first-order chi connectivity index (χ1) is 10.0. The molecule has 110 valence electrons. The van der Waals surface area contributed by atoms with Crippen LogP contribution in [-0.4, -0.2) is 44.4 Å². The van der Waals surface area contributed by atoms with Crippen LogP contribution in [0.4, 0.5) is 0 Å². The van der Waals surface area contributed by atoms with Gasteiger partial charge < -0.3 is 10.2 Å². The highest BCUT2D eigenvalue weighted by Gasteiger charge is 2.23. The van der Waals surface area contributed by atoms with Crippen molar-refractivity contribution in [2.45, 2.75) is 26.8 Å². The summed E-state index contributed by atoms with van der Waals surface area (Å²) in [5.74, 6) is -0.274. The van der Waals surface area contributed by atoms with Crippen molar-refractivity contribution in [3.8, 4) is 0 Å². The average molecular weight is 287 g/mol. The van der Waals surface area contributed by atoms with Gasteiger partial charge in [0, 0.05) is 44.3 Å². The van der Waals surface area contributed by atoms with Gasteiger partial charge in [-0.15, -0.1) is 0 Å². The summed E-state index contributed by atoms with van der Waals surface area (Å²) in [6, 6.07) is 1.94. The van der Waals surface area contributed by atoms with Gasteiger partial charge in [-0.05, 0) is 6.92 Å². The minimum absolute atomic E-state index is 0.0429. The number of aromatic nitrogens is 3. The molecule has 0 unspecified atom stereocenters. The van der Waals surface area contributed by atoms with E-state index in [0.717, 1.165) is 29.0 Å². The maximum absolute atomic E-state index is 12.0. The summed E-state index contributed by atoms with van der Waals surface area (Å²) in [4.78, 5) is 29.0. The Morgan fingerprint density at radius 2 is 2.24 bits per heavy atom. The van der Waals surface area contributed by atoms with Gasteiger partial charge in [0.1, 0.15) is 0 Å². The molecule has 0 spiro atoms. The molecule has 2 amide bonds. The van der Waals surface area contributed by atoms with E-state index in [1.54, 1.807) is 4.90 Å². The third kappa shape index (κ3) is 2.58. The maximum atomic E-state index is 12.0. The largest absolute Gasteiger partial charge is 0.347 e. The highest BCUT2D eigenvalue weighted by molar-refractivity contribution is 5.83. The molecule has 0 radical (unpaired) electrons. The Bertz CT molecular complexity index is 721. The van der Waals surface area contributed by atoms with Crippen LogP contribution < -0.4 is 5.32 Å². The molecule has 0 atom stereocenters. The Kier molecular flexibility index (Phi) is 3.32. The molecule has 1 N–H and O–H groups in total. The first-order valence-corrected chi connectivity index (χ1v) is 6.90. The van der Waals surface area contributed by atoms with Crippen LogP contribution in [0.3, 0.4) is 0 Å². The molecular weight excluding hydrogens is 270 g/mol. The van der Waals surface area contributed by atoms with Crippen molar-refractivity contribution in [2.75, 3.05) is 13.1 Å². The van der Waals surface area contributed by atoms with Gasteiger partial charge in [-0.1, -0.05) is 0 Å². The second-order valence-electron chi connectivity index (χ2n) is 5.26. The molecule has 0 fully saturated rings. The standard InChI is InChI=1S/C14H17N5O2/c1-9-5-13-16-6-11-8-18(14(21)7-15-10(2)20)4-3-12(11)19(13)17-9/h5-6H,3-4,7-8H2,1-2H3,(H,15,20). The molecule has 7 heteroatoms. The van der Waals surface area contributed by atoms with E-state index in [-0.39, 0.29) is 18.4 Å². The Hall–Kier alpha value is -2.44. The Labute approximate surface area is 122 Å². The lowest BCUT2D eigenvalue weighted by Gasteiger charge is -2.28. The Morgan fingerprint density at radius 1 is 1.43 bits per heavy atom. The van der Waals surface area contributed by atoms with Gasteiger partial charge in [0.15, 0.2) is 5.65 Å². The van der Waals surface area contributed by atoms with Crippen molar-refractivity contribution in [1.82, 2.24) is 24.8 Å². The molecule has 1 aliphatic rings. The SMILES string of the molecule is CC(=O)NCC(=O)N1CCc2c(cnc3cc(C)nn23)C1. The number of nitrogens with one attached hydrogen (secondary N) is 1. The number of rotatable bonds is 2. The van der Waals surface area contributed by atoms with Crippen molar-refractivity contribution in [3.05, 3.63) is 29.2 Å². The van der Waals surface area contributed by atoms with E-state index in [0.29, 0.717) is 13.1 Å². The lowest BCUT2D eigenvalue weighted by molar-refractivity contribution is -0.133. The number of fused-ring (bicyclic) bond motifs is 3. The number of carbonyl (C=O) groups excluding carboxylic acids is 2. The van der Waals surface area contributed by atoms with E-state index in [1.165, 1.54) is 6.92 Å². The van der Waals surface area contributed by atoms with Crippen LogP contribution >= 0.6 is 0 Å². The van der Waals surface area contributed by atoms with E-state index >= 15 is 0 Å². The van der Waals surface area contributed by atoms with Crippen LogP contribution in [0.25, 0.3) is 5.65 Å². The van der Waals surface area contributed by atoms with Crippen molar-refractivity contribution in [1.29, 1.82) is 0 Å². The number of amides is 2. The van der Waals surface area contributed by atoms with E-state index in [9.17, 15) is 9.59 Å². The molecule has 0 aliphatic carbocycles. The lowest BCUT2D eigenvalue weighted by atomic mass is 10.1. The Balaban J connectivity index is 1.81. The van der Waals surface area contributed by atoms with Gasteiger partial charge in [-0.25, -0.2) is 9.50 Å². The lowest BCUT2D eigenvalue weighted by Crippen LogP contribution is -2.42.